The number of aliphatic hydroxyl groups is 2. The van der Waals surface area contributed by atoms with Crippen LogP contribution in [0.4, 0.5) is 0 Å². The molecule has 33 heavy (non-hydrogen) atoms. The van der Waals surface area contributed by atoms with Gasteiger partial charge in [0.15, 0.2) is 0 Å². The van der Waals surface area contributed by atoms with E-state index in [1.165, 1.54) is 64.2 Å². The average Bonchev–Trinajstić information content (AvgIpc) is 3.44. The molecule has 6 fully saturated rings. The van der Waals surface area contributed by atoms with Gasteiger partial charge in [0.25, 0.3) is 0 Å². The predicted octanol–water partition coefficient (Wildman–Crippen LogP) is 5.15. The average molecular weight is 514 g/mol. The van der Waals surface area contributed by atoms with E-state index in [1.54, 1.807) is 0 Å². The maximum atomic E-state index is 10.0. The molecule has 2 saturated heterocycles. The van der Waals surface area contributed by atoms with Crippen LogP contribution in [-0.2, 0) is 29.0 Å². The van der Waals surface area contributed by atoms with E-state index in [0.717, 1.165) is 38.5 Å². The van der Waals surface area contributed by atoms with Gasteiger partial charge in [-0.05, 0) is 62.8 Å². The van der Waals surface area contributed by atoms with Gasteiger partial charge in [-0.1, -0.05) is 64.2 Å². The third kappa shape index (κ3) is 6.39. The summed E-state index contributed by atoms with van der Waals surface area (Å²) in [5, 5.41) is 29.6. The molecule has 184 valence electrons. The number of hydrogen-bond donors (Lipinski definition) is 2. The molecule has 0 amide bonds. The summed E-state index contributed by atoms with van der Waals surface area (Å²) in [5.74, 6) is 0.554. The molecule has 7 heteroatoms. The maximum Gasteiger partial charge on any atom is 2.00 e. The summed E-state index contributed by atoms with van der Waals surface area (Å²) in [7, 11) is 0. The van der Waals surface area contributed by atoms with Crippen molar-refractivity contribution in [1.29, 1.82) is 0 Å². The van der Waals surface area contributed by atoms with Gasteiger partial charge in [-0.3, -0.25) is 0 Å². The van der Waals surface area contributed by atoms with Crippen LogP contribution in [0, 0.1) is 11.8 Å². The van der Waals surface area contributed by atoms with E-state index >= 15 is 0 Å². The SMILES string of the molecule is OC1CCCCC1C1[N-]C2CCCCC2O1.OC1CCCCC1C1[N-]C2CCCCC2O1.[Zn+2]. The summed E-state index contributed by atoms with van der Waals surface area (Å²) >= 11 is 0. The second-order valence-corrected chi connectivity index (χ2v) is 11.2. The predicted molar refractivity (Wildman–Crippen MR) is 124 cm³/mol. The fourth-order valence-corrected chi connectivity index (χ4v) is 6.99. The fraction of sp³-hybridized carbons (Fsp3) is 1.00. The van der Waals surface area contributed by atoms with E-state index < -0.39 is 0 Å². The molecule has 6 rings (SSSR count). The summed E-state index contributed by atoms with van der Waals surface area (Å²) in [5.41, 5.74) is 0. The van der Waals surface area contributed by atoms with Crippen LogP contribution in [0.3, 0.4) is 0 Å². The molecular weight excluding hydrogens is 470 g/mol. The Morgan fingerprint density at radius 2 is 0.848 bits per heavy atom. The molecule has 0 aromatic carbocycles. The van der Waals surface area contributed by atoms with Crippen molar-refractivity contribution in [2.24, 2.45) is 11.8 Å². The minimum absolute atomic E-state index is 0. The Labute approximate surface area is 213 Å². The topological polar surface area (TPSA) is 87.1 Å². The van der Waals surface area contributed by atoms with Crippen LogP contribution in [-0.4, -0.2) is 59.2 Å². The first-order valence-corrected chi connectivity index (χ1v) is 13.8. The van der Waals surface area contributed by atoms with Gasteiger partial charge in [0.1, 0.15) is 0 Å². The van der Waals surface area contributed by atoms with Crippen LogP contribution >= 0.6 is 0 Å². The molecule has 2 aliphatic heterocycles. The van der Waals surface area contributed by atoms with Crippen LogP contribution in [0.1, 0.15) is 103 Å². The van der Waals surface area contributed by atoms with E-state index in [4.69, 9.17) is 20.1 Å². The summed E-state index contributed by atoms with van der Waals surface area (Å²) in [4.78, 5) is 0. The molecular formula is C26H44N2O4Zn. The number of hydrogen-bond acceptors (Lipinski definition) is 4. The fourth-order valence-electron chi connectivity index (χ4n) is 6.99. The summed E-state index contributed by atoms with van der Waals surface area (Å²) < 4.78 is 12.1. The first kappa shape index (κ1) is 26.4. The smallest absolute Gasteiger partial charge is 0.631 e. The molecule has 0 spiro atoms. The van der Waals surface area contributed by atoms with E-state index in [0.29, 0.717) is 24.3 Å². The molecule has 0 aromatic rings. The molecule has 10 unspecified atom stereocenters. The zero-order valence-electron chi connectivity index (χ0n) is 20.4. The zero-order chi connectivity index (χ0) is 21.9. The Morgan fingerprint density at radius 3 is 1.24 bits per heavy atom. The van der Waals surface area contributed by atoms with Gasteiger partial charge in [-0.2, -0.15) is 0 Å². The third-order valence-electron chi connectivity index (χ3n) is 8.94. The molecule has 6 aliphatic rings. The maximum absolute atomic E-state index is 10.0. The Hall–Kier alpha value is 0.383. The van der Waals surface area contributed by atoms with Gasteiger partial charge in [-0.25, -0.2) is 0 Å². The van der Waals surface area contributed by atoms with Crippen molar-refractivity contribution in [1.82, 2.24) is 0 Å². The second-order valence-electron chi connectivity index (χ2n) is 11.2. The third-order valence-corrected chi connectivity index (χ3v) is 8.94. The first-order chi connectivity index (χ1) is 15.7. The molecule has 2 heterocycles. The molecule has 4 aliphatic carbocycles. The Morgan fingerprint density at radius 1 is 0.485 bits per heavy atom. The van der Waals surface area contributed by atoms with E-state index in [-0.39, 0.29) is 56.0 Å². The number of fused-ring (bicyclic) bond motifs is 2. The summed E-state index contributed by atoms with van der Waals surface area (Å²) in [6.07, 6.45) is 19.2. The van der Waals surface area contributed by atoms with Crippen LogP contribution in [0.5, 0.6) is 0 Å². The minimum atomic E-state index is -0.178. The van der Waals surface area contributed by atoms with E-state index in [1.807, 2.05) is 0 Å². The van der Waals surface area contributed by atoms with Crippen molar-refractivity contribution in [3.63, 3.8) is 0 Å². The normalized spacial score (nSPS) is 47.5. The van der Waals surface area contributed by atoms with Gasteiger partial charge >= 0.3 is 19.5 Å². The number of ether oxygens (including phenoxy) is 2. The van der Waals surface area contributed by atoms with Gasteiger partial charge in [0.05, 0.1) is 12.2 Å². The number of aliphatic hydroxyl groups excluding tert-OH is 2. The molecule has 0 bridgehead atoms. The van der Waals surface area contributed by atoms with Crippen molar-refractivity contribution in [2.45, 2.75) is 152 Å². The molecule has 4 saturated carbocycles. The summed E-state index contributed by atoms with van der Waals surface area (Å²) in [6.45, 7) is 0. The quantitative estimate of drug-likeness (QED) is 0.500. The van der Waals surface area contributed by atoms with Crippen molar-refractivity contribution >= 4 is 0 Å². The van der Waals surface area contributed by atoms with Gasteiger partial charge in [-0.15, -0.1) is 12.1 Å². The summed E-state index contributed by atoms with van der Waals surface area (Å²) in [6, 6.07) is 0.876. The van der Waals surface area contributed by atoms with Crippen LogP contribution in [0.2, 0.25) is 0 Å². The molecule has 10 atom stereocenters. The zero-order valence-corrected chi connectivity index (χ0v) is 23.4. The Balaban J connectivity index is 0.000000152. The van der Waals surface area contributed by atoms with Crippen molar-refractivity contribution in [3.05, 3.63) is 10.6 Å². The van der Waals surface area contributed by atoms with Crippen molar-refractivity contribution in [3.8, 4) is 0 Å². The largest absolute Gasteiger partial charge is 2.00 e. The second kappa shape index (κ2) is 12.6. The van der Waals surface area contributed by atoms with Gasteiger partial charge in [0, 0.05) is 12.2 Å². The van der Waals surface area contributed by atoms with Gasteiger partial charge in [0.2, 0.25) is 0 Å². The molecule has 0 radical (unpaired) electrons. The number of rotatable bonds is 2. The van der Waals surface area contributed by atoms with Crippen molar-refractivity contribution in [2.75, 3.05) is 0 Å². The van der Waals surface area contributed by atoms with Crippen LogP contribution in [0.15, 0.2) is 0 Å². The van der Waals surface area contributed by atoms with Crippen LogP contribution in [0.25, 0.3) is 10.6 Å². The standard InChI is InChI=1S/2C13H22NO2.Zn/c2*15-11-7-3-1-5-9(11)13-14-10-6-2-4-8-12(10)16-13;/h2*9-13,15H,1-8H2;/q2*-1;+2. The molecule has 0 aromatic heterocycles. The Kier molecular flexibility index (Phi) is 10.1. The van der Waals surface area contributed by atoms with Crippen molar-refractivity contribution < 1.29 is 39.2 Å². The minimum Gasteiger partial charge on any atom is -0.631 e. The monoisotopic (exact) mass is 512 g/mol. The van der Waals surface area contributed by atoms with Gasteiger partial charge < -0.3 is 30.3 Å². The van der Waals surface area contributed by atoms with E-state index in [9.17, 15) is 10.2 Å². The van der Waals surface area contributed by atoms with E-state index in [2.05, 4.69) is 0 Å². The molecule has 6 nitrogen and oxygen atoms in total. The number of nitrogens with zero attached hydrogens (tertiary/aromatic N) is 2. The van der Waals surface area contributed by atoms with Crippen LogP contribution < -0.4 is 0 Å². The first-order valence-electron chi connectivity index (χ1n) is 13.8. The Bertz CT molecular complexity index is 521. The molecule has 2 N–H and O–H groups in total.